The second-order valence-electron chi connectivity index (χ2n) is 9.21. The van der Waals surface area contributed by atoms with Gasteiger partial charge in [0, 0.05) is 10.8 Å². The van der Waals surface area contributed by atoms with Gasteiger partial charge in [-0.25, -0.2) is 0 Å². The number of benzene rings is 3. The molecule has 0 saturated heterocycles. The van der Waals surface area contributed by atoms with Crippen LogP contribution in [0.1, 0.15) is 63.8 Å². The lowest BCUT2D eigenvalue weighted by Crippen LogP contribution is -2.28. The Morgan fingerprint density at radius 3 is 1.31 bits per heavy atom. The Balaban J connectivity index is 2.20. The van der Waals surface area contributed by atoms with Gasteiger partial charge < -0.3 is 9.47 Å². The van der Waals surface area contributed by atoms with Gasteiger partial charge in [0.1, 0.15) is 11.5 Å². The standard InChI is InChI=1S/C32H32N2O2/c1-7-23(3)31(5,25-12-16-29(17-13-25)35-21-33)27-10-9-11-28(20-27)32(6,24(4)8-2)26-14-18-30(19-15-26)36-22-34/h7-20H,1-6H3. The van der Waals surface area contributed by atoms with Crippen molar-refractivity contribution in [3.63, 3.8) is 0 Å². The zero-order valence-corrected chi connectivity index (χ0v) is 21.8. The molecule has 0 saturated carbocycles. The van der Waals surface area contributed by atoms with Gasteiger partial charge in [0.15, 0.2) is 0 Å². The van der Waals surface area contributed by atoms with Crippen molar-refractivity contribution < 1.29 is 9.47 Å². The highest BCUT2D eigenvalue weighted by atomic mass is 16.5. The zero-order chi connectivity index (χ0) is 26.3. The zero-order valence-electron chi connectivity index (χ0n) is 21.8. The Kier molecular flexibility index (Phi) is 8.03. The molecule has 182 valence electrons. The van der Waals surface area contributed by atoms with E-state index in [0.717, 1.165) is 11.1 Å². The first-order valence-electron chi connectivity index (χ1n) is 12.0. The van der Waals surface area contributed by atoms with Crippen molar-refractivity contribution in [2.45, 2.75) is 52.4 Å². The van der Waals surface area contributed by atoms with E-state index in [2.05, 4.69) is 78.0 Å². The summed E-state index contributed by atoms with van der Waals surface area (Å²) in [4.78, 5) is 0. The van der Waals surface area contributed by atoms with Gasteiger partial charge >= 0.3 is 0 Å². The summed E-state index contributed by atoms with van der Waals surface area (Å²) in [7, 11) is 0. The van der Waals surface area contributed by atoms with Crippen molar-refractivity contribution in [3.05, 3.63) is 118 Å². The number of hydrogen-bond donors (Lipinski definition) is 0. The molecular formula is C32H32N2O2. The van der Waals surface area contributed by atoms with Gasteiger partial charge in [0.05, 0.1) is 0 Å². The molecule has 3 aromatic rings. The fraction of sp³-hybridized carbons (Fsp3) is 0.250. The van der Waals surface area contributed by atoms with Gasteiger partial charge in [0.2, 0.25) is 0 Å². The Morgan fingerprint density at radius 1 is 0.639 bits per heavy atom. The molecule has 0 heterocycles. The molecule has 0 spiro atoms. The molecule has 0 aliphatic rings. The van der Waals surface area contributed by atoms with Crippen molar-refractivity contribution in [2.75, 3.05) is 0 Å². The number of ether oxygens (including phenoxy) is 2. The van der Waals surface area contributed by atoms with Gasteiger partial charge in [-0.15, -0.1) is 10.5 Å². The Morgan fingerprint density at radius 2 is 1.00 bits per heavy atom. The van der Waals surface area contributed by atoms with Crippen LogP contribution in [0.2, 0.25) is 0 Å². The van der Waals surface area contributed by atoms with E-state index in [1.165, 1.54) is 22.3 Å². The predicted molar refractivity (Wildman–Crippen MR) is 144 cm³/mol. The lowest BCUT2D eigenvalue weighted by molar-refractivity contribution is 0.506. The van der Waals surface area contributed by atoms with Crippen LogP contribution in [0.3, 0.4) is 0 Å². The fourth-order valence-electron chi connectivity index (χ4n) is 4.78. The Bertz CT molecular complexity index is 1250. The quantitative estimate of drug-likeness (QED) is 0.244. The minimum absolute atomic E-state index is 0.384. The lowest BCUT2D eigenvalue weighted by atomic mass is 9.67. The first-order chi connectivity index (χ1) is 17.2. The van der Waals surface area contributed by atoms with E-state index < -0.39 is 0 Å². The number of allylic oxidation sites excluding steroid dienone is 4. The van der Waals surface area contributed by atoms with Crippen molar-refractivity contribution in [2.24, 2.45) is 0 Å². The summed E-state index contributed by atoms with van der Waals surface area (Å²) in [5.41, 5.74) is 6.24. The van der Waals surface area contributed by atoms with E-state index in [0.29, 0.717) is 11.5 Å². The average molecular weight is 477 g/mol. The van der Waals surface area contributed by atoms with E-state index in [9.17, 15) is 0 Å². The average Bonchev–Trinajstić information content (AvgIpc) is 2.92. The van der Waals surface area contributed by atoms with Gasteiger partial charge in [-0.1, -0.05) is 71.8 Å². The third kappa shape index (κ3) is 4.77. The summed E-state index contributed by atoms with van der Waals surface area (Å²) in [6.07, 6.45) is 7.77. The lowest BCUT2D eigenvalue weighted by Gasteiger charge is -2.36. The third-order valence-corrected chi connectivity index (χ3v) is 7.65. The predicted octanol–water partition coefficient (Wildman–Crippen LogP) is 7.95. The minimum Gasteiger partial charge on any atom is -0.388 e. The van der Waals surface area contributed by atoms with Gasteiger partial charge in [-0.05, 0) is 88.1 Å². The highest BCUT2D eigenvalue weighted by Gasteiger charge is 2.35. The van der Waals surface area contributed by atoms with Crippen LogP contribution in [0.5, 0.6) is 11.5 Å². The number of nitriles is 2. The highest BCUT2D eigenvalue weighted by molar-refractivity contribution is 5.54. The maximum absolute atomic E-state index is 8.85. The monoisotopic (exact) mass is 476 g/mol. The number of nitrogens with zero attached hydrogens (tertiary/aromatic N) is 2. The number of hydrogen-bond acceptors (Lipinski definition) is 4. The maximum Gasteiger partial charge on any atom is 0.292 e. The highest BCUT2D eigenvalue weighted by Crippen LogP contribution is 2.44. The van der Waals surface area contributed by atoms with Crippen molar-refractivity contribution >= 4 is 0 Å². The molecular weight excluding hydrogens is 444 g/mol. The molecule has 4 nitrogen and oxygen atoms in total. The molecule has 2 atom stereocenters. The summed E-state index contributed by atoms with van der Waals surface area (Å²) in [5, 5.41) is 17.7. The van der Waals surface area contributed by atoms with Crippen LogP contribution >= 0.6 is 0 Å². The van der Waals surface area contributed by atoms with Crippen LogP contribution in [0.15, 0.2) is 96.1 Å². The van der Waals surface area contributed by atoms with Gasteiger partial charge in [0.25, 0.3) is 12.5 Å². The van der Waals surface area contributed by atoms with Crippen LogP contribution in [-0.4, -0.2) is 0 Å². The van der Waals surface area contributed by atoms with Gasteiger partial charge in [-0.2, -0.15) is 0 Å². The van der Waals surface area contributed by atoms with Crippen molar-refractivity contribution in [3.8, 4) is 24.0 Å². The summed E-state index contributed by atoms with van der Waals surface area (Å²) in [6, 6.07) is 24.2. The molecule has 2 unspecified atom stereocenters. The van der Waals surface area contributed by atoms with E-state index >= 15 is 0 Å². The summed E-state index contributed by atoms with van der Waals surface area (Å²) in [6.45, 7) is 12.9. The molecule has 0 fully saturated rings. The first-order valence-corrected chi connectivity index (χ1v) is 12.0. The maximum atomic E-state index is 8.85. The molecule has 3 aromatic carbocycles. The van der Waals surface area contributed by atoms with Crippen LogP contribution in [0, 0.1) is 23.0 Å². The van der Waals surface area contributed by atoms with Crippen LogP contribution in [-0.2, 0) is 10.8 Å². The Labute approximate surface area is 214 Å². The van der Waals surface area contributed by atoms with E-state index in [4.69, 9.17) is 20.0 Å². The smallest absolute Gasteiger partial charge is 0.292 e. The summed E-state index contributed by atoms with van der Waals surface area (Å²) >= 11 is 0. The fourth-order valence-corrected chi connectivity index (χ4v) is 4.78. The SMILES string of the molecule is CC=C(C)C(C)(c1ccc(OC#N)cc1)c1cccc(C(C)(C(C)=CC)c2ccc(OC#N)cc2)c1. The Hall–Kier alpha value is -4.28. The summed E-state index contributed by atoms with van der Waals surface area (Å²) in [5.74, 6) is 1.05. The molecule has 0 aromatic heterocycles. The van der Waals surface area contributed by atoms with E-state index in [-0.39, 0.29) is 10.8 Å². The molecule has 4 heteroatoms. The molecule has 0 aliphatic carbocycles. The minimum atomic E-state index is -0.384. The molecule has 0 bridgehead atoms. The topological polar surface area (TPSA) is 66.0 Å². The second kappa shape index (κ2) is 11.0. The first kappa shape index (κ1) is 26.3. The van der Waals surface area contributed by atoms with Crippen LogP contribution in [0.4, 0.5) is 0 Å². The molecule has 0 aliphatic heterocycles. The molecule has 0 amide bonds. The van der Waals surface area contributed by atoms with Crippen molar-refractivity contribution in [1.29, 1.82) is 10.5 Å². The normalized spacial score (nSPS) is 15.1. The van der Waals surface area contributed by atoms with Crippen molar-refractivity contribution in [1.82, 2.24) is 0 Å². The molecule has 0 N–H and O–H groups in total. The molecule has 3 rings (SSSR count). The number of rotatable bonds is 8. The summed E-state index contributed by atoms with van der Waals surface area (Å²) < 4.78 is 10.00. The van der Waals surface area contributed by atoms with E-state index in [1.807, 2.05) is 48.5 Å². The molecule has 36 heavy (non-hydrogen) atoms. The van der Waals surface area contributed by atoms with Crippen LogP contribution < -0.4 is 9.47 Å². The second-order valence-corrected chi connectivity index (χ2v) is 9.21. The largest absolute Gasteiger partial charge is 0.388 e. The van der Waals surface area contributed by atoms with Crippen LogP contribution in [0.25, 0.3) is 0 Å². The van der Waals surface area contributed by atoms with E-state index in [1.54, 1.807) is 12.5 Å². The van der Waals surface area contributed by atoms with Gasteiger partial charge in [-0.3, -0.25) is 0 Å². The molecule has 0 radical (unpaired) electrons. The third-order valence-electron chi connectivity index (χ3n) is 7.65.